The van der Waals surface area contributed by atoms with Crippen molar-refractivity contribution in [1.29, 1.82) is 0 Å². The van der Waals surface area contributed by atoms with Crippen LogP contribution in [-0.4, -0.2) is 24.9 Å². The topological polar surface area (TPSA) is 38.3 Å². The number of hydrogen-bond donors (Lipinski definition) is 1. The molecule has 1 saturated carbocycles. The summed E-state index contributed by atoms with van der Waals surface area (Å²) in [4.78, 5) is 12.8. The molecule has 19 heavy (non-hydrogen) atoms. The van der Waals surface area contributed by atoms with Gasteiger partial charge >= 0.3 is 0 Å². The molecule has 5 heteroatoms. The number of halogens is 1. The molecule has 0 bridgehead atoms. The van der Waals surface area contributed by atoms with Gasteiger partial charge in [0, 0.05) is 11.9 Å². The summed E-state index contributed by atoms with van der Waals surface area (Å²) in [6.45, 7) is 0.774. The molecular weight excluding hydrogens is 326 g/mol. The van der Waals surface area contributed by atoms with Gasteiger partial charge in [0.15, 0.2) is 0 Å². The van der Waals surface area contributed by atoms with E-state index in [1.54, 1.807) is 7.11 Å². The lowest BCUT2D eigenvalue weighted by Gasteiger charge is -2.30. The van der Waals surface area contributed by atoms with Crippen molar-refractivity contribution in [2.45, 2.75) is 25.7 Å². The first kappa shape index (κ1) is 14.9. The fourth-order valence-corrected chi connectivity index (χ4v) is 4.31. The third-order valence-corrected chi connectivity index (χ3v) is 5.57. The summed E-state index contributed by atoms with van der Waals surface area (Å²) in [6.07, 6.45) is 5.10. The molecule has 2 unspecified atom stereocenters. The van der Waals surface area contributed by atoms with Crippen LogP contribution in [0.4, 0.5) is 0 Å². The monoisotopic (exact) mass is 345 g/mol. The fraction of sp³-hybridized carbons (Fsp3) is 0.643. The third kappa shape index (κ3) is 3.72. The van der Waals surface area contributed by atoms with E-state index in [-0.39, 0.29) is 5.91 Å². The number of nitrogens with one attached hydrogen (secondary N) is 1. The maximum Gasteiger partial charge on any atom is 0.265 e. The van der Waals surface area contributed by atoms with Crippen molar-refractivity contribution in [3.63, 3.8) is 0 Å². The Hall–Kier alpha value is -0.550. The number of thiophene rings is 1. The lowest BCUT2D eigenvalue weighted by Crippen LogP contribution is -2.34. The van der Waals surface area contributed by atoms with E-state index in [1.165, 1.54) is 37.0 Å². The van der Waals surface area contributed by atoms with Crippen LogP contribution in [-0.2, 0) is 0 Å². The first-order chi connectivity index (χ1) is 9.26. The Kier molecular flexibility index (Phi) is 5.70. The van der Waals surface area contributed by atoms with E-state index in [0.717, 1.165) is 11.9 Å². The van der Waals surface area contributed by atoms with Crippen molar-refractivity contribution in [2.24, 2.45) is 11.8 Å². The molecule has 0 spiro atoms. The summed E-state index contributed by atoms with van der Waals surface area (Å²) < 4.78 is 5.18. The van der Waals surface area contributed by atoms with E-state index < -0.39 is 0 Å². The molecule has 1 aliphatic carbocycles. The number of carbonyl (C=O) groups excluding carboxylic acids is 1. The molecule has 1 amide bonds. The lowest BCUT2D eigenvalue weighted by atomic mass is 9.80. The molecule has 0 saturated heterocycles. The average molecular weight is 346 g/mol. The predicted molar refractivity (Wildman–Crippen MR) is 82.4 cm³/mol. The number of hydrogen-bond acceptors (Lipinski definition) is 3. The van der Waals surface area contributed by atoms with Gasteiger partial charge in [-0.25, -0.2) is 0 Å². The highest BCUT2D eigenvalue weighted by Gasteiger charge is 2.25. The van der Waals surface area contributed by atoms with Crippen LogP contribution in [0, 0.1) is 11.8 Å². The van der Waals surface area contributed by atoms with Gasteiger partial charge in [0.05, 0.1) is 7.11 Å². The van der Waals surface area contributed by atoms with Gasteiger partial charge in [-0.2, -0.15) is 0 Å². The van der Waals surface area contributed by atoms with E-state index in [9.17, 15) is 4.79 Å². The Morgan fingerprint density at radius 1 is 1.47 bits per heavy atom. The molecule has 1 aliphatic rings. The van der Waals surface area contributed by atoms with Crippen LogP contribution in [0.3, 0.4) is 0 Å². The van der Waals surface area contributed by atoms with Gasteiger partial charge in [0.25, 0.3) is 5.91 Å². The Labute approximate surface area is 126 Å². The molecule has 1 N–H and O–H groups in total. The number of amides is 1. The van der Waals surface area contributed by atoms with Crippen LogP contribution in [0.15, 0.2) is 11.4 Å². The normalized spacial score (nSPS) is 23.1. The van der Waals surface area contributed by atoms with Gasteiger partial charge < -0.3 is 10.1 Å². The Morgan fingerprint density at radius 3 is 2.89 bits per heavy atom. The Morgan fingerprint density at radius 2 is 2.21 bits per heavy atom. The number of methoxy groups -OCH3 is 1. The van der Waals surface area contributed by atoms with Crippen molar-refractivity contribution in [3.8, 4) is 5.75 Å². The first-order valence-corrected chi connectivity index (χ1v) is 8.72. The highest BCUT2D eigenvalue weighted by Crippen LogP contribution is 2.31. The zero-order valence-electron chi connectivity index (χ0n) is 11.2. The number of rotatable bonds is 5. The quantitative estimate of drug-likeness (QED) is 0.826. The molecule has 0 aromatic carbocycles. The largest absolute Gasteiger partial charge is 0.495 e. The van der Waals surface area contributed by atoms with E-state index >= 15 is 0 Å². The first-order valence-electron chi connectivity index (χ1n) is 6.72. The number of carbonyl (C=O) groups is 1. The zero-order chi connectivity index (χ0) is 13.7. The maximum absolute atomic E-state index is 12.1. The van der Waals surface area contributed by atoms with Crippen molar-refractivity contribution < 1.29 is 9.53 Å². The minimum atomic E-state index is -0.00857. The summed E-state index contributed by atoms with van der Waals surface area (Å²) in [5.41, 5.74) is 0. The highest BCUT2D eigenvalue weighted by molar-refractivity contribution is 9.09. The van der Waals surface area contributed by atoms with Gasteiger partial charge in [-0.15, -0.1) is 11.3 Å². The second kappa shape index (κ2) is 7.29. The molecule has 106 valence electrons. The predicted octanol–water partition coefficient (Wildman–Crippen LogP) is 3.69. The summed E-state index contributed by atoms with van der Waals surface area (Å²) in [7, 11) is 1.60. The van der Waals surface area contributed by atoms with Crippen LogP contribution in [0.25, 0.3) is 0 Å². The van der Waals surface area contributed by atoms with E-state index in [4.69, 9.17) is 4.74 Å². The zero-order valence-corrected chi connectivity index (χ0v) is 13.6. The van der Waals surface area contributed by atoms with Crippen LogP contribution in [0.2, 0.25) is 0 Å². The summed E-state index contributed by atoms with van der Waals surface area (Å²) in [6, 6.07) is 1.83. The van der Waals surface area contributed by atoms with E-state index in [2.05, 4.69) is 21.2 Å². The van der Waals surface area contributed by atoms with E-state index in [0.29, 0.717) is 22.5 Å². The van der Waals surface area contributed by atoms with Crippen molar-refractivity contribution in [3.05, 3.63) is 16.3 Å². The smallest absolute Gasteiger partial charge is 0.265 e. The standard InChI is InChI=1S/C14H20BrNO2S/c1-18-12-6-7-19-13(12)14(17)16-9-11-5-3-2-4-10(11)8-15/h6-7,10-11H,2-5,8-9H2,1H3,(H,16,17). The molecule has 1 aromatic heterocycles. The second-order valence-corrected chi connectivity index (χ2v) is 6.55. The van der Waals surface area contributed by atoms with Crippen LogP contribution >= 0.6 is 27.3 Å². The molecule has 2 rings (SSSR count). The van der Waals surface area contributed by atoms with Gasteiger partial charge in [-0.05, 0) is 36.1 Å². The minimum Gasteiger partial charge on any atom is -0.495 e. The number of ether oxygens (including phenoxy) is 1. The van der Waals surface area contributed by atoms with Crippen LogP contribution in [0.5, 0.6) is 5.75 Å². The molecule has 1 aromatic rings. The Balaban J connectivity index is 1.89. The average Bonchev–Trinajstić information content (AvgIpc) is 2.93. The maximum atomic E-state index is 12.1. The van der Waals surface area contributed by atoms with Gasteiger partial charge in [0.2, 0.25) is 0 Å². The van der Waals surface area contributed by atoms with Gasteiger partial charge in [-0.1, -0.05) is 28.8 Å². The molecule has 1 fully saturated rings. The Bertz CT molecular complexity index is 421. The lowest BCUT2D eigenvalue weighted by molar-refractivity contribution is 0.0938. The van der Waals surface area contributed by atoms with Crippen LogP contribution < -0.4 is 10.1 Å². The van der Waals surface area contributed by atoms with Gasteiger partial charge in [-0.3, -0.25) is 4.79 Å². The van der Waals surface area contributed by atoms with Gasteiger partial charge in [0.1, 0.15) is 10.6 Å². The molecular formula is C14H20BrNO2S. The molecule has 3 nitrogen and oxygen atoms in total. The highest BCUT2D eigenvalue weighted by atomic mass is 79.9. The van der Waals surface area contributed by atoms with Crippen molar-refractivity contribution in [1.82, 2.24) is 5.32 Å². The summed E-state index contributed by atoms with van der Waals surface area (Å²) in [5, 5.41) is 5.99. The van der Waals surface area contributed by atoms with Crippen LogP contribution in [0.1, 0.15) is 35.4 Å². The molecule has 0 aliphatic heterocycles. The molecule has 0 radical (unpaired) electrons. The molecule has 2 atom stereocenters. The fourth-order valence-electron chi connectivity index (χ4n) is 2.68. The number of alkyl halides is 1. The third-order valence-electron chi connectivity index (χ3n) is 3.84. The summed E-state index contributed by atoms with van der Waals surface area (Å²) >= 11 is 5.02. The van der Waals surface area contributed by atoms with Crippen molar-refractivity contribution >= 4 is 33.2 Å². The minimum absolute atomic E-state index is 0.00857. The second-order valence-electron chi connectivity index (χ2n) is 4.99. The van der Waals surface area contributed by atoms with E-state index in [1.807, 2.05) is 11.4 Å². The SMILES string of the molecule is COc1ccsc1C(=O)NCC1CCCCC1CBr. The van der Waals surface area contributed by atoms with Crippen molar-refractivity contribution in [2.75, 3.05) is 19.0 Å². The molecule has 1 heterocycles. The summed E-state index contributed by atoms with van der Waals surface area (Å²) in [5.74, 6) is 1.95.